The molecule has 27 heavy (non-hydrogen) atoms. The first-order valence-corrected chi connectivity index (χ1v) is 8.70. The molecule has 0 radical (unpaired) electrons. The monoisotopic (exact) mass is 358 g/mol. The normalized spacial score (nSPS) is 16.7. The molecule has 1 atom stereocenters. The van der Waals surface area contributed by atoms with Crippen molar-refractivity contribution >= 4 is 45.3 Å². The Morgan fingerprint density at radius 2 is 1.78 bits per heavy atom. The summed E-state index contributed by atoms with van der Waals surface area (Å²) in [6.45, 7) is 1.72. The minimum atomic E-state index is -0.529. The number of rotatable bonds is 4. The van der Waals surface area contributed by atoms with Gasteiger partial charge < -0.3 is 0 Å². The van der Waals surface area contributed by atoms with E-state index in [-0.39, 0.29) is 18.2 Å². The Labute approximate surface area is 155 Å². The Morgan fingerprint density at radius 1 is 1.15 bits per heavy atom. The third kappa shape index (κ3) is 3.29. The Morgan fingerprint density at radius 3 is 2.37 bits per heavy atom. The summed E-state index contributed by atoms with van der Waals surface area (Å²) in [5.41, 5.74) is 6.46. The van der Waals surface area contributed by atoms with Gasteiger partial charge in [-0.15, -0.1) is 0 Å². The molecule has 134 valence electrons. The van der Waals surface area contributed by atoms with Crippen LogP contribution in [-0.4, -0.2) is 23.7 Å². The first-order valence-electron chi connectivity index (χ1n) is 8.70. The van der Waals surface area contributed by atoms with Gasteiger partial charge in [0.1, 0.15) is 0 Å². The van der Waals surface area contributed by atoms with Crippen molar-refractivity contribution in [3.05, 3.63) is 60.2 Å². The van der Waals surface area contributed by atoms with Gasteiger partial charge in [0.05, 0.1) is 12.1 Å². The molecule has 0 spiro atoms. The molecule has 0 unspecified atom stereocenters. The second kappa shape index (κ2) is 6.99. The fourth-order valence-corrected chi connectivity index (χ4v) is 3.32. The molecule has 0 aliphatic carbocycles. The molecule has 6 heteroatoms. The van der Waals surface area contributed by atoms with Crippen LogP contribution < -0.4 is 10.9 Å². The predicted octanol–water partition coefficient (Wildman–Crippen LogP) is 2.96. The van der Waals surface area contributed by atoms with Crippen molar-refractivity contribution in [2.75, 3.05) is 0 Å². The SMILES string of the molecule is CC1=NNC(=O)[C@H]1CC(=O)N/N=C\c1c2ccccc2cc2ccccc12. The van der Waals surface area contributed by atoms with Gasteiger partial charge in [-0.3, -0.25) is 9.59 Å². The van der Waals surface area contributed by atoms with Crippen LogP contribution in [0, 0.1) is 5.92 Å². The maximum atomic E-state index is 12.1. The molecular weight excluding hydrogens is 340 g/mol. The number of carbonyl (C=O) groups excluding carboxylic acids is 2. The van der Waals surface area contributed by atoms with Gasteiger partial charge in [-0.05, 0) is 34.5 Å². The highest BCUT2D eigenvalue weighted by Crippen LogP contribution is 2.27. The molecule has 1 heterocycles. The summed E-state index contributed by atoms with van der Waals surface area (Å²) in [4.78, 5) is 23.8. The highest BCUT2D eigenvalue weighted by atomic mass is 16.2. The van der Waals surface area contributed by atoms with Gasteiger partial charge in [-0.1, -0.05) is 48.5 Å². The van der Waals surface area contributed by atoms with Gasteiger partial charge >= 0.3 is 0 Å². The molecule has 3 aromatic rings. The summed E-state index contributed by atoms with van der Waals surface area (Å²) in [5, 5.41) is 12.3. The first-order chi connectivity index (χ1) is 13.1. The van der Waals surface area contributed by atoms with Crippen molar-refractivity contribution in [2.45, 2.75) is 13.3 Å². The average Bonchev–Trinajstić information content (AvgIpc) is 2.99. The summed E-state index contributed by atoms with van der Waals surface area (Å²) in [5.74, 6) is -1.11. The standard InChI is InChI=1S/C21H18N4O2/c1-13-18(21(27)25-23-13)11-20(26)24-22-12-19-16-8-4-2-6-14(16)10-15-7-3-5-9-17(15)19/h2-10,12,18H,11H2,1H3,(H,24,26)(H,25,27)/b22-12-/t18-/m0/s1. The maximum Gasteiger partial charge on any atom is 0.249 e. The minimum Gasteiger partial charge on any atom is -0.273 e. The number of carbonyl (C=O) groups is 2. The summed E-state index contributed by atoms with van der Waals surface area (Å²) < 4.78 is 0. The molecule has 1 aliphatic heterocycles. The number of nitrogens with zero attached hydrogens (tertiary/aromatic N) is 2. The van der Waals surface area contributed by atoms with Crippen LogP contribution in [0.5, 0.6) is 0 Å². The quantitative estimate of drug-likeness (QED) is 0.427. The molecule has 0 fully saturated rings. The molecule has 0 bridgehead atoms. The third-order valence-corrected chi connectivity index (χ3v) is 4.75. The van der Waals surface area contributed by atoms with Crippen LogP contribution in [-0.2, 0) is 9.59 Å². The maximum absolute atomic E-state index is 12.1. The number of hydrazone groups is 2. The number of fused-ring (bicyclic) bond motifs is 2. The molecule has 2 N–H and O–H groups in total. The van der Waals surface area contributed by atoms with Crippen molar-refractivity contribution in [3.63, 3.8) is 0 Å². The highest BCUT2D eigenvalue weighted by molar-refractivity contribution is 6.13. The van der Waals surface area contributed by atoms with Gasteiger partial charge in [0.25, 0.3) is 0 Å². The second-order valence-corrected chi connectivity index (χ2v) is 6.51. The zero-order valence-electron chi connectivity index (χ0n) is 14.8. The molecule has 0 saturated heterocycles. The average molecular weight is 358 g/mol. The summed E-state index contributed by atoms with van der Waals surface area (Å²) in [6, 6.07) is 18.3. The van der Waals surface area contributed by atoms with E-state index in [4.69, 9.17) is 0 Å². The fourth-order valence-electron chi connectivity index (χ4n) is 3.32. The van der Waals surface area contributed by atoms with Crippen LogP contribution in [0.4, 0.5) is 0 Å². The van der Waals surface area contributed by atoms with E-state index in [1.54, 1.807) is 13.1 Å². The number of hydrogen-bond acceptors (Lipinski definition) is 4. The fraction of sp³-hybridized carbons (Fsp3) is 0.143. The summed E-state index contributed by atoms with van der Waals surface area (Å²) >= 11 is 0. The lowest BCUT2D eigenvalue weighted by Gasteiger charge is -2.08. The van der Waals surface area contributed by atoms with Crippen LogP contribution in [0.2, 0.25) is 0 Å². The van der Waals surface area contributed by atoms with E-state index in [2.05, 4.69) is 39.3 Å². The van der Waals surface area contributed by atoms with Crippen LogP contribution in [0.1, 0.15) is 18.9 Å². The Kier molecular flexibility index (Phi) is 4.38. The van der Waals surface area contributed by atoms with E-state index >= 15 is 0 Å². The molecule has 0 saturated carbocycles. The van der Waals surface area contributed by atoms with E-state index in [1.165, 1.54) is 0 Å². The van der Waals surface area contributed by atoms with Gasteiger partial charge in [-0.2, -0.15) is 10.2 Å². The summed E-state index contributed by atoms with van der Waals surface area (Å²) in [7, 11) is 0. The molecule has 0 aromatic heterocycles. The highest BCUT2D eigenvalue weighted by Gasteiger charge is 2.28. The lowest BCUT2D eigenvalue weighted by molar-refractivity contribution is -0.127. The lowest BCUT2D eigenvalue weighted by Crippen LogP contribution is -2.29. The molecule has 2 amide bonds. The number of benzene rings is 3. The van der Waals surface area contributed by atoms with E-state index in [0.29, 0.717) is 5.71 Å². The largest absolute Gasteiger partial charge is 0.273 e. The molecular formula is C21H18N4O2. The predicted molar refractivity (Wildman–Crippen MR) is 107 cm³/mol. The molecule has 1 aliphatic rings. The zero-order chi connectivity index (χ0) is 18.8. The first kappa shape index (κ1) is 16.9. The van der Waals surface area contributed by atoms with Crippen molar-refractivity contribution in [1.29, 1.82) is 0 Å². The van der Waals surface area contributed by atoms with Gasteiger partial charge in [0, 0.05) is 17.7 Å². The Hall–Kier alpha value is -3.54. The van der Waals surface area contributed by atoms with Crippen LogP contribution >= 0.6 is 0 Å². The number of amides is 2. The van der Waals surface area contributed by atoms with E-state index < -0.39 is 5.92 Å². The van der Waals surface area contributed by atoms with Crippen molar-refractivity contribution in [2.24, 2.45) is 16.1 Å². The van der Waals surface area contributed by atoms with Crippen LogP contribution in [0.25, 0.3) is 21.5 Å². The van der Waals surface area contributed by atoms with Crippen molar-refractivity contribution in [1.82, 2.24) is 10.9 Å². The van der Waals surface area contributed by atoms with Crippen molar-refractivity contribution in [3.8, 4) is 0 Å². The van der Waals surface area contributed by atoms with E-state index in [9.17, 15) is 9.59 Å². The molecule has 6 nitrogen and oxygen atoms in total. The second-order valence-electron chi connectivity index (χ2n) is 6.51. The van der Waals surface area contributed by atoms with Crippen LogP contribution in [0.15, 0.2) is 64.8 Å². The van der Waals surface area contributed by atoms with Gasteiger partial charge in [0.2, 0.25) is 11.8 Å². The smallest absolute Gasteiger partial charge is 0.249 e. The van der Waals surface area contributed by atoms with Gasteiger partial charge in [-0.25, -0.2) is 10.9 Å². The molecule has 4 rings (SSSR count). The van der Waals surface area contributed by atoms with Crippen LogP contribution in [0.3, 0.4) is 0 Å². The lowest BCUT2D eigenvalue weighted by atomic mass is 9.97. The van der Waals surface area contributed by atoms with E-state index in [1.807, 2.05) is 36.4 Å². The third-order valence-electron chi connectivity index (χ3n) is 4.75. The number of nitrogens with one attached hydrogen (secondary N) is 2. The van der Waals surface area contributed by atoms with Gasteiger partial charge in [0.15, 0.2) is 0 Å². The Bertz CT molecular complexity index is 1060. The zero-order valence-corrected chi connectivity index (χ0v) is 14.8. The summed E-state index contributed by atoms with van der Waals surface area (Å²) in [6.07, 6.45) is 1.69. The Balaban J connectivity index is 1.59. The van der Waals surface area contributed by atoms with Crippen molar-refractivity contribution < 1.29 is 9.59 Å². The number of hydrogen-bond donors (Lipinski definition) is 2. The minimum absolute atomic E-state index is 0.0226. The molecule has 3 aromatic carbocycles. The van der Waals surface area contributed by atoms with E-state index in [0.717, 1.165) is 27.1 Å². The topological polar surface area (TPSA) is 82.9 Å².